The molecule has 0 radical (unpaired) electrons. The maximum absolute atomic E-state index is 13.4. The normalized spacial score (nSPS) is 13.8. The van der Waals surface area contributed by atoms with Gasteiger partial charge in [-0.25, -0.2) is 17.5 Å². The number of sulfonamides is 1. The van der Waals surface area contributed by atoms with Crippen LogP contribution >= 0.6 is 15.9 Å². The lowest BCUT2D eigenvalue weighted by Gasteiger charge is -2.09. The Balaban J connectivity index is 2.99. The average Bonchev–Trinajstić information content (AvgIpc) is 2.14. The van der Waals surface area contributed by atoms with Gasteiger partial charge in [0.2, 0.25) is 10.0 Å². The molecule has 0 unspecified atom stereocenters. The second-order valence-electron chi connectivity index (χ2n) is 3.28. The predicted octanol–water partition coefficient (Wildman–Crippen LogP) is 1.25. The van der Waals surface area contributed by atoms with E-state index in [1.807, 2.05) is 0 Å². The highest BCUT2D eigenvalue weighted by molar-refractivity contribution is 9.10. The number of benzene rings is 1. The van der Waals surface area contributed by atoms with Crippen molar-refractivity contribution >= 4 is 26.0 Å². The molecule has 0 bridgehead atoms. The Labute approximate surface area is 102 Å². The molecule has 0 saturated heterocycles. The van der Waals surface area contributed by atoms with Crippen LogP contribution in [0.1, 0.15) is 6.92 Å². The molecule has 0 aliphatic carbocycles. The van der Waals surface area contributed by atoms with E-state index in [1.54, 1.807) is 0 Å². The van der Waals surface area contributed by atoms with Crippen LogP contribution in [0.25, 0.3) is 0 Å². The Morgan fingerprint density at radius 1 is 1.56 bits per heavy atom. The highest BCUT2D eigenvalue weighted by Gasteiger charge is 2.19. The van der Waals surface area contributed by atoms with Gasteiger partial charge in [-0.2, -0.15) is 0 Å². The highest BCUT2D eigenvalue weighted by Crippen LogP contribution is 2.19. The van der Waals surface area contributed by atoms with Crippen molar-refractivity contribution in [1.82, 2.24) is 4.72 Å². The van der Waals surface area contributed by atoms with Gasteiger partial charge in [0.1, 0.15) is 10.7 Å². The SMILES string of the molecule is C[C@H](O)CNS(=O)(=O)c1ccc(Br)cc1F. The minimum absolute atomic E-state index is 0.155. The largest absolute Gasteiger partial charge is 0.392 e. The van der Waals surface area contributed by atoms with Crippen LogP contribution in [0.4, 0.5) is 4.39 Å². The molecular weight excluding hydrogens is 301 g/mol. The summed E-state index contributed by atoms with van der Waals surface area (Å²) in [6.07, 6.45) is -0.826. The zero-order valence-electron chi connectivity index (χ0n) is 8.44. The number of hydrogen-bond acceptors (Lipinski definition) is 3. The van der Waals surface area contributed by atoms with Crippen molar-refractivity contribution < 1.29 is 17.9 Å². The fourth-order valence-electron chi connectivity index (χ4n) is 1.00. The van der Waals surface area contributed by atoms with E-state index < -0.39 is 26.8 Å². The number of aliphatic hydroxyl groups excluding tert-OH is 1. The van der Waals surface area contributed by atoms with Gasteiger partial charge in [-0.1, -0.05) is 15.9 Å². The predicted molar refractivity (Wildman–Crippen MR) is 61.0 cm³/mol. The van der Waals surface area contributed by atoms with Crippen LogP contribution in [0.3, 0.4) is 0 Å². The fraction of sp³-hybridized carbons (Fsp3) is 0.333. The van der Waals surface area contributed by atoms with Gasteiger partial charge < -0.3 is 5.11 Å². The molecule has 7 heteroatoms. The Bertz CT molecular complexity index is 476. The van der Waals surface area contributed by atoms with Crippen molar-refractivity contribution in [2.45, 2.75) is 17.9 Å². The molecular formula is C9H11BrFNO3S. The van der Waals surface area contributed by atoms with Crippen molar-refractivity contribution in [1.29, 1.82) is 0 Å². The fourth-order valence-corrected chi connectivity index (χ4v) is 2.51. The summed E-state index contributed by atoms with van der Waals surface area (Å²) in [5, 5.41) is 8.95. The van der Waals surface area contributed by atoms with Crippen LogP contribution < -0.4 is 4.72 Å². The summed E-state index contributed by atoms with van der Waals surface area (Å²) in [6.45, 7) is 1.28. The average molecular weight is 312 g/mol. The topological polar surface area (TPSA) is 66.4 Å². The van der Waals surface area contributed by atoms with Crippen molar-refractivity contribution in [3.63, 3.8) is 0 Å². The van der Waals surface area contributed by atoms with Gasteiger partial charge in [0.25, 0.3) is 0 Å². The minimum atomic E-state index is -3.91. The van der Waals surface area contributed by atoms with Crippen LogP contribution in [0.5, 0.6) is 0 Å². The van der Waals surface area contributed by atoms with Gasteiger partial charge in [-0.05, 0) is 25.1 Å². The van der Waals surface area contributed by atoms with Crippen LogP contribution in [-0.4, -0.2) is 26.2 Å². The monoisotopic (exact) mass is 311 g/mol. The molecule has 1 aromatic carbocycles. The van der Waals surface area contributed by atoms with Gasteiger partial charge in [0, 0.05) is 11.0 Å². The number of halogens is 2. The Hall–Kier alpha value is -0.500. The van der Waals surface area contributed by atoms with Gasteiger partial charge in [-0.3, -0.25) is 0 Å². The lowest BCUT2D eigenvalue weighted by atomic mass is 10.3. The molecule has 0 aliphatic heterocycles. The molecule has 0 amide bonds. The summed E-state index contributed by atoms with van der Waals surface area (Å²) in [7, 11) is -3.91. The summed E-state index contributed by atoms with van der Waals surface area (Å²) in [4.78, 5) is -0.434. The lowest BCUT2D eigenvalue weighted by molar-refractivity contribution is 0.198. The summed E-state index contributed by atoms with van der Waals surface area (Å²) in [5.41, 5.74) is 0. The third-order valence-corrected chi connectivity index (χ3v) is 3.70. The zero-order chi connectivity index (χ0) is 12.3. The standard InChI is InChI=1S/C9H11BrFNO3S/c1-6(13)5-12-16(14,15)9-3-2-7(10)4-8(9)11/h2-4,6,12-13H,5H2,1H3/t6-/m0/s1. The first-order chi connectivity index (χ1) is 7.33. The van der Waals surface area contributed by atoms with Crippen molar-refractivity contribution in [2.24, 2.45) is 0 Å². The summed E-state index contributed by atoms with van der Waals surface area (Å²) in [5.74, 6) is -0.840. The third kappa shape index (κ3) is 3.51. The molecule has 0 spiro atoms. The van der Waals surface area contributed by atoms with E-state index in [2.05, 4.69) is 20.7 Å². The molecule has 1 atom stereocenters. The first kappa shape index (κ1) is 13.6. The molecule has 2 N–H and O–H groups in total. The van der Waals surface area contributed by atoms with E-state index in [0.29, 0.717) is 4.47 Å². The van der Waals surface area contributed by atoms with E-state index in [1.165, 1.54) is 13.0 Å². The summed E-state index contributed by atoms with van der Waals surface area (Å²) >= 11 is 3.03. The van der Waals surface area contributed by atoms with Crippen LogP contribution in [0.2, 0.25) is 0 Å². The molecule has 1 aromatic rings. The van der Waals surface area contributed by atoms with E-state index >= 15 is 0 Å². The van der Waals surface area contributed by atoms with Gasteiger partial charge in [-0.15, -0.1) is 0 Å². The second kappa shape index (κ2) is 5.22. The van der Waals surface area contributed by atoms with E-state index in [9.17, 15) is 12.8 Å². The molecule has 0 heterocycles. The highest BCUT2D eigenvalue weighted by atomic mass is 79.9. The quantitative estimate of drug-likeness (QED) is 0.879. The minimum Gasteiger partial charge on any atom is -0.392 e. The molecule has 1 rings (SSSR count). The summed E-state index contributed by atoms with van der Waals surface area (Å²) in [6, 6.07) is 3.65. The van der Waals surface area contributed by atoms with Crippen molar-refractivity contribution in [3.8, 4) is 0 Å². The van der Waals surface area contributed by atoms with Crippen LogP contribution in [0, 0.1) is 5.82 Å². The number of hydrogen-bond donors (Lipinski definition) is 2. The van der Waals surface area contributed by atoms with Crippen LogP contribution in [0.15, 0.2) is 27.6 Å². The van der Waals surface area contributed by atoms with E-state index in [-0.39, 0.29) is 6.54 Å². The number of nitrogens with one attached hydrogen (secondary N) is 1. The van der Waals surface area contributed by atoms with E-state index in [0.717, 1.165) is 12.1 Å². The Kier molecular flexibility index (Phi) is 4.43. The van der Waals surface area contributed by atoms with Gasteiger partial charge in [0.15, 0.2) is 0 Å². The molecule has 0 saturated carbocycles. The molecule has 4 nitrogen and oxygen atoms in total. The van der Waals surface area contributed by atoms with Gasteiger partial charge >= 0.3 is 0 Å². The first-order valence-corrected chi connectivity index (χ1v) is 6.73. The Morgan fingerprint density at radius 2 is 2.19 bits per heavy atom. The van der Waals surface area contributed by atoms with E-state index in [4.69, 9.17) is 5.11 Å². The van der Waals surface area contributed by atoms with Gasteiger partial charge in [0.05, 0.1) is 6.10 Å². The molecule has 16 heavy (non-hydrogen) atoms. The molecule has 0 aliphatic rings. The molecule has 0 fully saturated rings. The lowest BCUT2D eigenvalue weighted by Crippen LogP contribution is -2.31. The summed E-state index contributed by atoms with van der Waals surface area (Å²) < 4.78 is 39.1. The maximum atomic E-state index is 13.4. The van der Waals surface area contributed by atoms with Crippen molar-refractivity contribution in [2.75, 3.05) is 6.54 Å². The first-order valence-electron chi connectivity index (χ1n) is 4.45. The van der Waals surface area contributed by atoms with Crippen molar-refractivity contribution in [3.05, 3.63) is 28.5 Å². The second-order valence-corrected chi connectivity index (χ2v) is 5.93. The van der Waals surface area contributed by atoms with Crippen LogP contribution in [-0.2, 0) is 10.0 Å². The molecule has 90 valence electrons. The maximum Gasteiger partial charge on any atom is 0.243 e. The Morgan fingerprint density at radius 3 is 2.69 bits per heavy atom. The zero-order valence-corrected chi connectivity index (χ0v) is 10.8. The smallest absolute Gasteiger partial charge is 0.243 e. The number of aliphatic hydroxyl groups is 1. The third-order valence-electron chi connectivity index (χ3n) is 1.75. The molecule has 0 aromatic heterocycles. The number of rotatable bonds is 4.